The number of fused-ring (bicyclic) bond motifs is 1. The molecule has 0 bridgehead atoms. The molecule has 2 N–H and O–H groups in total. The van der Waals surface area contributed by atoms with Crippen molar-refractivity contribution >= 4 is 33.1 Å². The monoisotopic (exact) mass is 379 g/mol. The molecule has 4 rings (SSSR count). The quantitative estimate of drug-likeness (QED) is 0.684. The van der Waals surface area contributed by atoms with E-state index in [1.807, 2.05) is 17.0 Å². The molecule has 5 heteroatoms. The average molecular weight is 380 g/mol. The Balaban J connectivity index is 1.69. The van der Waals surface area contributed by atoms with E-state index in [9.17, 15) is 4.79 Å². The number of carbonyl (C=O) groups excluding carboxylic acids is 1. The molecule has 0 spiro atoms. The van der Waals surface area contributed by atoms with Gasteiger partial charge in [-0.1, -0.05) is 43.7 Å². The van der Waals surface area contributed by atoms with Crippen molar-refractivity contribution < 1.29 is 4.79 Å². The second-order valence-corrected chi connectivity index (χ2v) is 8.92. The molecule has 1 fully saturated rings. The minimum Gasteiger partial charge on any atom is -0.397 e. The van der Waals surface area contributed by atoms with Gasteiger partial charge in [-0.25, -0.2) is 4.98 Å². The van der Waals surface area contributed by atoms with E-state index in [0.717, 1.165) is 34.6 Å². The Morgan fingerprint density at radius 1 is 1.11 bits per heavy atom. The molecule has 0 radical (unpaired) electrons. The van der Waals surface area contributed by atoms with Crippen LogP contribution >= 0.6 is 11.3 Å². The van der Waals surface area contributed by atoms with Gasteiger partial charge in [-0.3, -0.25) is 4.79 Å². The summed E-state index contributed by atoms with van der Waals surface area (Å²) in [6.07, 6.45) is 1.17. The smallest absolute Gasteiger partial charge is 0.266 e. The van der Waals surface area contributed by atoms with Gasteiger partial charge in [0, 0.05) is 24.0 Å². The van der Waals surface area contributed by atoms with Crippen molar-refractivity contribution in [1.82, 2.24) is 9.88 Å². The van der Waals surface area contributed by atoms with E-state index < -0.39 is 0 Å². The fraction of sp³-hybridized carbons (Fsp3) is 0.364. The lowest BCUT2D eigenvalue weighted by atomic mass is 9.92. The first-order valence-corrected chi connectivity index (χ1v) is 10.3. The van der Waals surface area contributed by atoms with Crippen molar-refractivity contribution in [1.29, 1.82) is 0 Å². The summed E-state index contributed by atoms with van der Waals surface area (Å²) in [7, 11) is 0. The van der Waals surface area contributed by atoms with Crippen molar-refractivity contribution in [2.45, 2.75) is 27.2 Å². The SMILES string of the molecule is Cc1ccc(-c2ccc3c(N)c(C(=O)N4C[C@@H](C)C[C@H](C)C4)sc3n2)cc1. The zero-order chi connectivity index (χ0) is 19.1. The summed E-state index contributed by atoms with van der Waals surface area (Å²) >= 11 is 1.41. The molecular formula is C22H25N3OS. The normalized spacial score (nSPS) is 20.2. The molecule has 140 valence electrons. The van der Waals surface area contributed by atoms with E-state index in [1.165, 1.54) is 23.3 Å². The number of amides is 1. The van der Waals surface area contributed by atoms with Crippen LogP contribution in [0.25, 0.3) is 21.5 Å². The lowest BCUT2D eigenvalue weighted by Crippen LogP contribution is -2.42. The predicted octanol–water partition coefficient (Wildman–Crippen LogP) is 4.97. The Hall–Kier alpha value is -2.40. The number of carbonyl (C=O) groups is 1. The molecule has 1 amide bonds. The minimum absolute atomic E-state index is 0.0470. The second-order valence-electron chi connectivity index (χ2n) is 7.92. The van der Waals surface area contributed by atoms with Gasteiger partial charge in [0.2, 0.25) is 0 Å². The van der Waals surface area contributed by atoms with Crippen molar-refractivity contribution in [3.8, 4) is 11.3 Å². The maximum absolute atomic E-state index is 13.1. The number of pyridine rings is 1. The molecular weight excluding hydrogens is 354 g/mol. The van der Waals surface area contributed by atoms with Crippen LogP contribution in [-0.2, 0) is 0 Å². The Kier molecular flexibility index (Phi) is 4.64. The molecule has 1 saturated heterocycles. The maximum atomic E-state index is 13.1. The van der Waals surface area contributed by atoms with Gasteiger partial charge in [0.15, 0.2) is 0 Å². The van der Waals surface area contributed by atoms with E-state index in [2.05, 4.69) is 45.0 Å². The average Bonchev–Trinajstić information content (AvgIpc) is 2.97. The molecule has 4 nitrogen and oxygen atoms in total. The van der Waals surface area contributed by atoms with Gasteiger partial charge in [-0.15, -0.1) is 11.3 Å². The number of nitrogen functional groups attached to an aromatic ring is 1. The number of hydrogen-bond donors (Lipinski definition) is 1. The number of aromatic nitrogens is 1. The van der Waals surface area contributed by atoms with Gasteiger partial charge in [-0.2, -0.15) is 0 Å². The zero-order valence-corrected chi connectivity index (χ0v) is 16.8. The Bertz CT molecular complexity index is 983. The summed E-state index contributed by atoms with van der Waals surface area (Å²) in [4.78, 5) is 21.3. The van der Waals surface area contributed by atoms with Crippen LogP contribution < -0.4 is 5.73 Å². The summed E-state index contributed by atoms with van der Waals surface area (Å²) in [6, 6.07) is 12.3. The Morgan fingerprint density at radius 2 is 1.78 bits per heavy atom. The number of nitrogens with zero attached hydrogens (tertiary/aromatic N) is 2. The van der Waals surface area contributed by atoms with Gasteiger partial charge in [0.25, 0.3) is 5.91 Å². The van der Waals surface area contributed by atoms with E-state index in [1.54, 1.807) is 0 Å². The summed E-state index contributed by atoms with van der Waals surface area (Å²) in [5.74, 6) is 1.10. The van der Waals surface area contributed by atoms with E-state index in [4.69, 9.17) is 10.7 Å². The van der Waals surface area contributed by atoms with Crippen LogP contribution in [0.1, 0.15) is 35.5 Å². The number of piperidine rings is 1. The van der Waals surface area contributed by atoms with Crippen LogP contribution in [0.5, 0.6) is 0 Å². The Labute approximate surface area is 164 Å². The molecule has 0 aliphatic carbocycles. The highest BCUT2D eigenvalue weighted by Gasteiger charge is 2.29. The lowest BCUT2D eigenvalue weighted by Gasteiger charge is -2.34. The van der Waals surface area contributed by atoms with Crippen LogP contribution in [0.4, 0.5) is 5.69 Å². The van der Waals surface area contributed by atoms with Gasteiger partial charge < -0.3 is 10.6 Å². The number of hydrogen-bond acceptors (Lipinski definition) is 4. The van der Waals surface area contributed by atoms with Crippen LogP contribution in [0.2, 0.25) is 0 Å². The number of benzene rings is 1. The molecule has 0 unspecified atom stereocenters. The standard InChI is InChI=1S/C22H25N3OS/c1-13-4-6-16(7-5-13)18-9-8-17-19(23)20(27-21(17)24-18)22(26)25-11-14(2)10-15(3)12-25/h4-9,14-15H,10-12,23H2,1-3H3/t14-,15-/m0/s1. The summed E-state index contributed by atoms with van der Waals surface area (Å²) in [6.45, 7) is 8.09. The topological polar surface area (TPSA) is 59.2 Å². The summed E-state index contributed by atoms with van der Waals surface area (Å²) in [5, 5.41) is 0.873. The number of anilines is 1. The van der Waals surface area contributed by atoms with Gasteiger partial charge in [-0.05, 0) is 37.3 Å². The highest BCUT2D eigenvalue weighted by atomic mass is 32.1. The van der Waals surface area contributed by atoms with Crippen molar-refractivity contribution in [2.24, 2.45) is 11.8 Å². The van der Waals surface area contributed by atoms with Crippen LogP contribution in [0.15, 0.2) is 36.4 Å². The highest BCUT2D eigenvalue weighted by molar-refractivity contribution is 7.21. The molecule has 0 saturated carbocycles. The number of nitrogens with two attached hydrogens (primary N) is 1. The minimum atomic E-state index is 0.0470. The number of likely N-dealkylation sites (tertiary alicyclic amines) is 1. The predicted molar refractivity (Wildman–Crippen MR) is 113 cm³/mol. The molecule has 1 aromatic carbocycles. The maximum Gasteiger partial charge on any atom is 0.266 e. The van der Waals surface area contributed by atoms with Crippen LogP contribution in [0, 0.1) is 18.8 Å². The van der Waals surface area contributed by atoms with Crippen LogP contribution in [-0.4, -0.2) is 28.9 Å². The van der Waals surface area contributed by atoms with E-state index in [-0.39, 0.29) is 5.91 Å². The molecule has 1 aliphatic rings. The van der Waals surface area contributed by atoms with Gasteiger partial charge in [0.1, 0.15) is 9.71 Å². The molecule has 3 aromatic rings. The van der Waals surface area contributed by atoms with Gasteiger partial charge in [0.05, 0.1) is 11.4 Å². The van der Waals surface area contributed by atoms with E-state index in [0.29, 0.717) is 22.4 Å². The van der Waals surface area contributed by atoms with E-state index >= 15 is 0 Å². The third kappa shape index (κ3) is 3.44. The first-order chi connectivity index (χ1) is 12.9. The molecule has 27 heavy (non-hydrogen) atoms. The van der Waals surface area contributed by atoms with Crippen LogP contribution in [0.3, 0.4) is 0 Å². The number of aryl methyl sites for hydroxylation is 1. The first-order valence-electron chi connectivity index (χ1n) is 9.47. The van der Waals surface area contributed by atoms with Crippen molar-refractivity contribution in [2.75, 3.05) is 18.8 Å². The second kappa shape index (κ2) is 6.97. The third-order valence-corrected chi connectivity index (χ3v) is 6.39. The zero-order valence-electron chi connectivity index (χ0n) is 16.0. The molecule has 2 atom stereocenters. The van der Waals surface area contributed by atoms with Crippen molar-refractivity contribution in [3.05, 3.63) is 46.8 Å². The number of rotatable bonds is 2. The molecule has 2 aromatic heterocycles. The largest absolute Gasteiger partial charge is 0.397 e. The molecule has 1 aliphatic heterocycles. The van der Waals surface area contributed by atoms with Gasteiger partial charge >= 0.3 is 0 Å². The highest BCUT2D eigenvalue weighted by Crippen LogP contribution is 2.36. The number of thiophene rings is 1. The fourth-order valence-electron chi connectivity index (χ4n) is 4.01. The Morgan fingerprint density at radius 3 is 2.44 bits per heavy atom. The molecule has 3 heterocycles. The fourth-order valence-corrected chi connectivity index (χ4v) is 5.08. The first kappa shape index (κ1) is 18.0. The third-order valence-electron chi connectivity index (χ3n) is 5.29. The lowest BCUT2D eigenvalue weighted by molar-refractivity contribution is 0.0629. The van der Waals surface area contributed by atoms with Crippen molar-refractivity contribution in [3.63, 3.8) is 0 Å². The summed E-state index contributed by atoms with van der Waals surface area (Å²) < 4.78 is 0. The summed E-state index contributed by atoms with van der Waals surface area (Å²) in [5.41, 5.74) is 10.1.